The van der Waals surface area contributed by atoms with Gasteiger partial charge in [-0.15, -0.1) is 0 Å². The van der Waals surface area contributed by atoms with Crippen LogP contribution in [0.2, 0.25) is 0 Å². The lowest BCUT2D eigenvalue weighted by atomic mass is 10.0. The Balaban J connectivity index is 1.58. The van der Waals surface area contributed by atoms with Crippen LogP contribution in [-0.2, 0) is 13.0 Å². The van der Waals surface area contributed by atoms with E-state index in [0.717, 1.165) is 41.9 Å². The first-order chi connectivity index (χ1) is 13.6. The first kappa shape index (κ1) is 18.2. The molecule has 0 unspecified atom stereocenters. The van der Waals surface area contributed by atoms with Gasteiger partial charge in [0.25, 0.3) is 5.91 Å². The number of fused-ring (bicyclic) bond motifs is 1. The smallest absolute Gasteiger partial charge is 0.270 e. The Morgan fingerprint density at radius 1 is 1.07 bits per heavy atom. The van der Waals surface area contributed by atoms with Crippen molar-refractivity contribution in [1.82, 2.24) is 15.3 Å². The summed E-state index contributed by atoms with van der Waals surface area (Å²) in [6, 6.07) is 18.1. The van der Waals surface area contributed by atoms with Gasteiger partial charge in [0, 0.05) is 24.5 Å². The van der Waals surface area contributed by atoms with Crippen LogP contribution < -0.4 is 10.2 Å². The minimum Gasteiger partial charge on any atom is -0.347 e. The number of benzene rings is 2. The van der Waals surface area contributed by atoms with E-state index in [0.29, 0.717) is 18.2 Å². The molecule has 1 aliphatic rings. The number of anilines is 2. The Kier molecular flexibility index (Phi) is 5.06. The highest BCUT2D eigenvalue weighted by molar-refractivity contribution is 5.92. The number of carbonyl (C=O) groups is 1. The van der Waals surface area contributed by atoms with Crippen LogP contribution in [0.3, 0.4) is 0 Å². The highest BCUT2D eigenvalue weighted by atomic mass is 16.1. The molecular formula is C23H24N4O. The molecule has 1 amide bonds. The zero-order chi connectivity index (χ0) is 19.5. The lowest BCUT2D eigenvalue weighted by Crippen LogP contribution is -2.29. The minimum atomic E-state index is -0.180. The molecule has 142 valence electrons. The first-order valence-corrected chi connectivity index (χ1v) is 9.65. The van der Waals surface area contributed by atoms with Gasteiger partial charge in [-0.1, -0.05) is 42.5 Å². The SMILES string of the molecule is Cc1cc(C(=O)NCc2ccccc2C)nc(N2CCCc3ccccc32)n1. The quantitative estimate of drug-likeness (QED) is 0.749. The molecule has 3 aromatic rings. The molecule has 0 saturated heterocycles. The molecule has 5 nitrogen and oxygen atoms in total. The lowest BCUT2D eigenvalue weighted by Gasteiger charge is -2.29. The number of carbonyl (C=O) groups excluding carboxylic acids is 1. The predicted octanol–water partition coefficient (Wildman–Crippen LogP) is 4.11. The monoisotopic (exact) mass is 372 g/mol. The molecule has 1 aliphatic heterocycles. The molecule has 0 radical (unpaired) electrons. The Hall–Kier alpha value is -3.21. The number of hydrogen-bond donors (Lipinski definition) is 1. The van der Waals surface area contributed by atoms with Gasteiger partial charge >= 0.3 is 0 Å². The molecule has 5 heteroatoms. The predicted molar refractivity (Wildman–Crippen MR) is 111 cm³/mol. The van der Waals surface area contributed by atoms with E-state index in [1.165, 1.54) is 5.56 Å². The van der Waals surface area contributed by atoms with Crippen LogP contribution >= 0.6 is 0 Å². The number of para-hydroxylation sites is 1. The fourth-order valence-electron chi connectivity index (χ4n) is 3.61. The first-order valence-electron chi connectivity index (χ1n) is 9.65. The molecule has 28 heavy (non-hydrogen) atoms. The van der Waals surface area contributed by atoms with Crippen LogP contribution in [0.5, 0.6) is 0 Å². The molecule has 0 atom stereocenters. The molecule has 1 N–H and O–H groups in total. The summed E-state index contributed by atoms with van der Waals surface area (Å²) in [6.45, 7) is 5.28. The Bertz CT molecular complexity index is 1010. The maximum absolute atomic E-state index is 12.7. The van der Waals surface area contributed by atoms with E-state index in [-0.39, 0.29) is 5.91 Å². The second-order valence-corrected chi connectivity index (χ2v) is 7.19. The van der Waals surface area contributed by atoms with Crippen molar-refractivity contribution in [1.29, 1.82) is 0 Å². The van der Waals surface area contributed by atoms with Crippen molar-refractivity contribution < 1.29 is 4.79 Å². The average Bonchev–Trinajstić information content (AvgIpc) is 2.72. The summed E-state index contributed by atoms with van der Waals surface area (Å²) in [6.07, 6.45) is 2.10. The molecule has 1 aromatic heterocycles. The van der Waals surface area contributed by atoms with Gasteiger partial charge < -0.3 is 10.2 Å². The maximum atomic E-state index is 12.7. The van der Waals surface area contributed by atoms with Gasteiger partial charge in [-0.3, -0.25) is 4.79 Å². The Morgan fingerprint density at radius 2 is 1.86 bits per heavy atom. The highest BCUT2D eigenvalue weighted by Gasteiger charge is 2.21. The lowest BCUT2D eigenvalue weighted by molar-refractivity contribution is 0.0945. The van der Waals surface area contributed by atoms with E-state index in [9.17, 15) is 4.79 Å². The van der Waals surface area contributed by atoms with Gasteiger partial charge in [0.15, 0.2) is 0 Å². The van der Waals surface area contributed by atoms with Crippen molar-refractivity contribution in [2.75, 3.05) is 11.4 Å². The van der Waals surface area contributed by atoms with Gasteiger partial charge in [0.2, 0.25) is 5.95 Å². The second-order valence-electron chi connectivity index (χ2n) is 7.19. The fourth-order valence-corrected chi connectivity index (χ4v) is 3.61. The fraction of sp³-hybridized carbons (Fsp3) is 0.261. The molecule has 0 fully saturated rings. The van der Waals surface area contributed by atoms with Gasteiger partial charge in [-0.05, 0) is 55.5 Å². The zero-order valence-electron chi connectivity index (χ0n) is 16.3. The van der Waals surface area contributed by atoms with Crippen molar-refractivity contribution in [3.63, 3.8) is 0 Å². The summed E-state index contributed by atoms with van der Waals surface area (Å²) in [4.78, 5) is 24.1. The van der Waals surface area contributed by atoms with Crippen molar-refractivity contribution >= 4 is 17.5 Å². The third-order valence-corrected chi connectivity index (χ3v) is 5.13. The normalized spacial score (nSPS) is 13.1. The third-order valence-electron chi connectivity index (χ3n) is 5.13. The maximum Gasteiger partial charge on any atom is 0.270 e. The summed E-state index contributed by atoms with van der Waals surface area (Å²) < 4.78 is 0. The van der Waals surface area contributed by atoms with Crippen molar-refractivity contribution in [3.8, 4) is 0 Å². The van der Waals surface area contributed by atoms with E-state index in [1.807, 2.05) is 44.2 Å². The second kappa shape index (κ2) is 7.80. The molecule has 0 aliphatic carbocycles. The average molecular weight is 372 g/mol. The number of rotatable bonds is 4. The summed E-state index contributed by atoms with van der Waals surface area (Å²) in [5.74, 6) is 0.411. The van der Waals surface area contributed by atoms with E-state index in [1.54, 1.807) is 6.07 Å². The van der Waals surface area contributed by atoms with Gasteiger partial charge in [0.05, 0.1) is 0 Å². The number of hydrogen-bond acceptors (Lipinski definition) is 4. The number of aromatic nitrogens is 2. The zero-order valence-corrected chi connectivity index (χ0v) is 16.3. The van der Waals surface area contributed by atoms with Crippen LogP contribution in [0.25, 0.3) is 0 Å². The molecule has 0 spiro atoms. The van der Waals surface area contributed by atoms with E-state index in [2.05, 4.69) is 38.4 Å². The molecular weight excluding hydrogens is 348 g/mol. The Labute approximate surface area is 165 Å². The number of amides is 1. The topological polar surface area (TPSA) is 58.1 Å². The molecule has 2 aromatic carbocycles. The highest BCUT2D eigenvalue weighted by Crippen LogP contribution is 2.31. The van der Waals surface area contributed by atoms with Crippen molar-refractivity contribution in [2.45, 2.75) is 33.2 Å². The Morgan fingerprint density at radius 3 is 2.71 bits per heavy atom. The number of aryl methyl sites for hydroxylation is 3. The van der Waals surface area contributed by atoms with Crippen LogP contribution in [0.4, 0.5) is 11.6 Å². The molecule has 2 heterocycles. The summed E-state index contributed by atoms with van der Waals surface area (Å²) in [5.41, 5.74) is 5.88. The van der Waals surface area contributed by atoms with E-state index < -0.39 is 0 Å². The van der Waals surface area contributed by atoms with Crippen molar-refractivity contribution in [3.05, 3.63) is 82.7 Å². The minimum absolute atomic E-state index is 0.180. The van der Waals surface area contributed by atoms with E-state index in [4.69, 9.17) is 0 Å². The van der Waals surface area contributed by atoms with Crippen molar-refractivity contribution in [2.24, 2.45) is 0 Å². The van der Waals surface area contributed by atoms with Crippen LogP contribution in [-0.4, -0.2) is 22.4 Å². The largest absolute Gasteiger partial charge is 0.347 e. The number of nitrogens with zero attached hydrogens (tertiary/aromatic N) is 3. The van der Waals surface area contributed by atoms with Crippen LogP contribution in [0.1, 0.15) is 39.3 Å². The van der Waals surface area contributed by atoms with Crippen LogP contribution in [0.15, 0.2) is 54.6 Å². The van der Waals surface area contributed by atoms with Crippen LogP contribution in [0, 0.1) is 13.8 Å². The molecule has 0 saturated carbocycles. The summed E-state index contributed by atoms with van der Waals surface area (Å²) >= 11 is 0. The molecule has 4 rings (SSSR count). The third kappa shape index (κ3) is 3.74. The summed E-state index contributed by atoms with van der Waals surface area (Å²) in [7, 11) is 0. The van der Waals surface area contributed by atoms with Gasteiger partial charge in [0.1, 0.15) is 5.69 Å². The summed E-state index contributed by atoms with van der Waals surface area (Å²) in [5, 5.41) is 2.98. The standard InChI is InChI=1S/C23H24N4O/c1-16-8-3-4-10-19(16)15-24-22(28)20-14-17(2)25-23(26-20)27-13-7-11-18-9-5-6-12-21(18)27/h3-6,8-10,12,14H,7,11,13,15H2,1-2H3,(H,24,28). The van der Waals surface area contributed by atoms with Gasteiger partial charge in [-0.2, -0.15) is 0 Å². The molecule has 0 bridgehead atoms. The van der Waals surface area contributed by atoms with E-state index >= 15 is 0 Å². The number of nitrogens with one attached hydrogen (secondary N) is 1. The van der Waals surface area contributed by atoms with Gasteiger partial charge in [-0.25, -0.2) is 9.97 Å².